The average molecular weight is 465 g/mol. The van der Waals surface area contributed by atoms with Gasteiger partial charge in [-0.15, -0.1) is 0 Å². The van der Waals surface area contributed by atoms with Crippen molar-refractivity contribution >= 4 is 80.8 Å². The molecular weight excluding hydrogens is 453 g/mol. The topological polar surface area (TPSA) is 138 Å². The van der Waals surface area contributed by atoms with Crippen LogP contribution in [0.5, 0.6) is 0 Å². The van der Waals surface area contributed by atoms with Crippen molar-refractivity contribution in [1.29, 1.82) is 0 Å². The molecule has 0 atom stereocenters. The number of nitro groups is 2. The predicted octanol–water partition coefficient (Wildman–Crippen LogP) is 6.26. The van der Waals surface area contributed by atoms with Crippen molar-refractivity contribution in [3.8, 4) is 0 Å². The molecule has 0 aliphatic rings. The number of benzene rings is 2. The number of halogens is 5. The summed E-state index contributed by atoms with van der Waals surface area (Å²) in [6.45, 7) is 0. The monoisotopic (exact) mass is 462 g/mol. The van der Waals surface area contributed by atoms with Crippen molar-refractivity contribution < 1.29 is 9.85 Å². The molecule has 4 N–H and O–H groups in total. The summed E-state index contributed by atoms with van der Waals surface area (Å²) in [4.78, 5) is 19.4. The lowest BCUT2D eigenvalue weighted by atomic mass is 10.3. The van der Waals surface area contributed by atoms with Crippen LogP contribution in [0.15, 0.2) is 18.2 Å². The summed E-state index contributed by atoms with van der Waals surface area (Å²) in [6.07, 6.45) is 0. The minimum atomic E-state index is -0.677. The molecule has 13 heteroatoms. The van der Waals surface area contributed by atoms with E-state index in [9.17, 15) is 20.2 Å². The van der Waals surface area contributed by atoms with Crippen LogP contribution in [0.1, 0.15) is 7.43 Å². The molecule has 0 fully saturated rings. The van der Waals surface area contributed by atoms with Gasteiger partial charge in [-0.1, -0.05) is 65.4 Å². The first-order chi connectivity index (χ1) is 11.5. The van der Waals surface area contributed by atoms with Gasteiger partial charge in [0.15, 0.2) is 0 Å². The Balaban J connectivity index is 0.000000464. The highest BCUT2D eigenvalue weighted by Crippen LogP contribution is 2.40. The highest BCUT2D eigenvalue weighted by molar-refractivity contribution is 6.49. The third-order valence-electron chi connectivity index (χ3n) is 2.64. The first-order valence-corrected chi connectivity index (χ1v) is 7.82. The van der Waals surface area contributed by atoms with Crippen LogP contribution in [-0.4, -0.2) is 9.85 Å². The summed E-state index contributed by atoms with van der Waals surface area (Å²) in [7, 11) is 0. The van der Waals surface area contributed by atoms with Gasteiger partial charge in [-0.2, -0.15) is 0 Å². The number of hydrogen-bond acceptors (Lipinski definition) is 6. The summed E-state index contributed by atoms with van der Waals surface area (Å²) in [5.41, 5.74) is 9.89. The van der Waals surface area contributed by atoms with Gasteiger partial charge in [0, 0.05) is 12.1 Å². The zero-order chi connectivity index (χ0) is 19.5. The van der Waals surface area contributed by atoms with Crippen LogP contribution >= 0.6 is 58.0 Å². The van der Waals surface area contributed by atoms with E-state index in [-0.39, 0.29) is 55.3 Å². The maximum Gasteiger partial charge on any atom is 0.295 e. The smallest absolute Gasteiger partial charge is 0.295 e. The number of nitro benzene ring substituents is 2. The Labute approximate surface area is 172 Å². The summed E-state index contributed by atoms with van der Waals surface area (Å²) < 4.78 is 0. The molecule has 2 aromatic carbocycles. The van der Waals surface area contributed by atoms with Crippen molar-refractivity contribution in [3.63, 3.8) is 0 Å². The van der Waals surface area contributed by atoms with E-state index < -0.39 is 9.85 Å². The number of nitrogens with zero attached hydrogens (tertiary/aromatic N) is 2. The zero-order valence-electron chi connectivity index (χ0n) is 11.8. The molecule has 8 nitrogen and oxygen atoms in total. The molecule has 0 unspecified atom stereocenters. The lowest BCUT2D eigenvalue weighted by Crippen LogP contribution is -1.96. The van der Waals surface area contributed by atoms with E-state index in [1.54, 1.807) is 0 Å². The van der Waals surface area contributed by atoms with Crippen molar-refractivity contribution in [2.24, 2.45) is 0 Å². The maximum atomic E-state index is 10.4. The standard InChI is InChI=1S/C6H3Cl3N2O2.C6H4Cl2N2O2.CH4/c7-2-1-3(11(12)13)6(10)5(9)4(2)8;7-3-1-5(9)6(10(11)12)2-4(3)8;/h1H,10H2;1-2H,9H2;1H4. The summed E-state index contributed by atoms with van der Waals surface area (Å²) in [5, 5.41) is 21.0. The number of rotatable bonds is 2. The molecule has 0 spiro atoms. The van der Waals surface area contributed by atoms with Gasteiger partial charge in [0.2, 0.25) is 0 Å². The van der Waals surface area contributed by atoms with Crippen molar-refractivity contribution in [3.05, 3.63) is 63.5 Å². The molecule has 2 rings (SSSR count). The van der Waals surface area contributed by atoms with Gasteiger partial charge in [-0.3, -0.25) is 20.2 Å². The second-order valence-corrected chi connectivity index (χ2v) is 6.24. The van der Waals surface area contributed by atoms with Gasteiger partial charge in [0.05, 0.1) is 35.0 Å². The molecular formula is C13H11Cl5N4O4. The average Bonchev–Trinajstić information content (AvgIpc) is 2.52. The molecule has 0 radical (unpaired) electrons. The van der Waals surface area contributed by atoms with Crippen LogP contribution in [0.25, 0.3) is 0 Å². The molecule has 0 aliphatic heterocycles. The van der Waals surface area contributed by atoms with Gasteiger partial charge < -0.3 is 11.5 Å². The Morgan fingerprint density at radius 2 is 1.15 bits per heavy atom. The number of hydrogen-bond donors (Lipinski definition) is 2. The second kappa shape index (κ2) is 9.84. The summed E-state index contributed by atoms with van der Waals surface area (Å²) in [6, 6.07) is 3.44. The third-order valence-corrected chi connectivity index (χ3v) is 4.64. The Morgan fingerprint density at radius 1 is 0.731 bits per heavy atom. The molecule has 0 aliphatic carbocycles. The van der Waals surface area contributed by atoms with Crippen LogP contribution in [0.4, 0.5) is 22.7 Å². The fourth-order valence-electron chi connectivity index (χ4n) is 1.46. The highest BCUT2D eigenvalue weighted by atomic mass is 35.5. The van der Waals surface area contributed by atoms with E-state index in [0.29, 0.717) is 0 Å². The lowest BCUT2D eigenvalue weighted by molar-refractivity contribution is -0.384. The molecule has 0 saturated heterocycles. The van der Waals surface area contributed by atoms with Gasteiger partial charge in [0.1, 0.15) is 11.4 Å². The van der Waals surface area contributed by atoms with Crippen LogP contribution in [0, 0.1) is 20.2 Å². The third kappa shape index (κ3) is 5.65. The molecule has 0 amide bonds. The van der Waals surface area contributed by atoms with E-state index in [1.807, 2.05) is 0 Å². The largest absolute Gasteiger partial charge is 0.393 e. The second-order valence-electron chi connectivity index (χ2n) is 4.26. The number of nitrogens with two attached hydrogens (primary N) is 2. The molecule has 0 saturated carbocycles. The molecule has 0 heterocycles. The van der Waals surface area contributed by atoms with Gasteiger partial charge >= 0.3 is 0 Å². The molecule has 0 aromatic heterocycles. The fourth-order valence-corrected chi connectivity index (χ4v) is 2.39. The minimum absolute atomic E-state index is 0. The molecule has 26 heavy (non-hydrogen) atoms. The molecule has 142 valence electrons. The van der Waals surface area contributed by atoms with Crippen LogP contribution in [0.3, 0.4) is 0 Å². The quantitative estimate of drug-likeness (QED) is 0.233. The van der Waals surface area contributed by atoms with E-state index >= 15 is 0 Å². The van der Waals surface area contributed by atoms with Crippen molar-refractivity contribution in [1.82, 2.24) is 0 Å². The first kappa shape index (κ1) is 24.3. The molecule has 2 aromatic rings. The minimum Gasteiger partial charge on any atom is -0.393 e. The lowest BCUT2D eigenvalue weighted by Gasteiger charge is -2.03. The van der Waals surface area contributed by atoms with Gasteiger partial charge in [-0.25, -0.2) is 0 Å². The van der Waals surface area contributed by atoms with Crippen molar-refractivity contribution in [2.75, 3.05) is 11.5 Å². The van der Waals surface area contributed by atoms with E-state index in [0.717, 1.165) is 12.1 Å². The van der Waals surface area contributed by atoms with Gasteiger partial charge in [0.25, 0.3) is 11.4 Å². The SMILES string of the molecule is C.Nc1c([N+](=O)[O-])cc(Cl)c(Cl)c1Cl.Nc1cc(Cl)c(Cl)cc1[N+](=O)[O-]. The summed E-state index contributed by atoms with van der Waals surface area (Å²) in [5.74, 6) is 0. The summed E-state index contributed by atoms with van der Waals surface area (Å²) >= 11 is 27.8. The maximum absolute atomic E-state index is 10.4. The predicted molar refractivity (Wildman–Crippen MR) is 107 cm³/mol. The Morgan fingerprint density at radius 3 is 1.62 bits per heavy atom. The van der Waals surface area contributed by atoms with Crippen LogP contribution in [-0.2, 0) is 0 Å². The number of nitrogen functional groups attached to an aromatic ring is 2. The molecule has 0 bridgehead atoms. The fraction of sp³-hybridized carbons (Fsp3) is 0.0769. The Bertz CT molecular complexity index is 863. The van der Waals surface area contributed by atoms with Gasteiger partial charge in [-0.05, 0) is 6.07 Å². The van der Waals surface area contributed by atoms with E-state index in [2.05, 4.69) is 0 Å². The van der Waals surface area contributed by atoms with E-state index in [4.69, 9.17) is 69.5 Å². The highest BCUT2D eigenvalue weighted by Gasteiger charge is 2.19. The Kier molecular flexibility index (Phi) is 9.19. The van der Waals surface area contributed by atoms with Crippen LogP contribution in [0.2, 0.25) is 25.1 Å². The van der Waals surface area contributed by atoms with E-state index in [1.165, 1.54) is 6.07 Å². The normalized spacial score (nSPS) is 9.58. The Hall–Kier alpha value is -1.71. The number of anilines is 2. The van der Waals surface area contributed by atoms with Crippen molar-refractivity contribution in [2.45, 2.75) is 7.43 Å². The first-order valence-electron chi connectivity index (χ1n) is 5.93. The zero-order valence-corrected chi connectivity index (χ0v) is 15.6. The van der Waals surface area contributed by atoms with Crippen LogP contribution < -0.4 is 11.5 Å².